The third-order valence-corrected chi connectivity index (χ3v) is 10.7. The first-order valence-electron chi connectivity index (χ1n) is 18.2. The van der Waals surface area contributed by atoms with E-state index in [0.29, 0.717) is 17.8 Å². The van der Waals surface area contributed by atoms with Crippen LogP contribution in [0, 0.1) is 0 Å². The Kier molecular flexibility index (Phi) is 13.3. The number of ether oxygens (including phenoxy) is 3. The zero-order chi connectivity index (χ0) is 37.3. The molecule has 278 valence electrons. The molecule has 2 fully saturated rings. The van der Waals surface area contributed by atoms with Gasteiger partial charge in [0.2, 0.25) is 0 Å². The van der Waals surface area contributed by atoms with Gasteiger partial charge in [-0.2, -0.15) is 0 Å². The van der Waals surface area contributed by atoms with Gasteiger partial charge in [0.15, 0.2) is 0 Å². The van der Waals surface area contributed by atoms with Crippen molar-refractivity contribution in [2.45, 2.75) is 74.6 Å². The highest BCUT2D eigenvalue weighted by molar-refractivity contribution is 5.87. The standard InChI is InChI=1S/C25H30N2O4.C17H23NO3/c1-25(19-12-7-5-8-13-19,20-14-9-6-10-15-20)23(28)30-18-21-22(16-11-17-27(21)4)31-24(29)26(2)3;1-18-13-7-8-14(18)10-15(9-13)21-17(20)16(11-19)12-5-3-2-4-6-12/h5-10,12-16,21H,11,17-18H2,1-4H3;2-6,13-16,19H,7-11H2,1H3/t;13-,14+,15?,16?. The van der Waals surface area contributed by atoms with E-state index in [2.05, 4.69) is 11.9 Å². The van der Waals surface area contributed by atoms with Crippen molar-refractivity contribution >= 4 is 18.0 Å². The van der Waals surface area contributed by atoms with Crippen LogP contribution in [0.25, 0.3) is 0 Å². The second-order valence-electron chi connectivity index (χ2n) is 14.3. The van der Waals surface area contributed by atoms with Crippen molar-refractivity contribution in [2.24, 2.45) is 0 Å². The van der Waals surface area contributed by atoms with Crippen LogP contribution in [-0.2, 0) is 29.2 Å². The molecule has 3 heterocycles. The van der Waals surface area contributed by atoms with Crippen LogP contribution in [-0.4, -0.2) is 110 Å². The van der Waals surface area contributed by atoms with E-state index < -0.39 is 17.4 Å². The number of piperidine rings is 1. The predicted molar refractivity (Wildman–Crippen MR) is 200 cm³/mol. The minimum atomic E-state index is -0.958. The third-order valence-electron chi connectivity index (χ3n) is 10.7. The van der Waals surface area contributed by atoms with Gasteiger partial charge >= 0.3 is 18.0 Å². The van der Waals surface area contributed by atoms with E-state index in [0.717, 1.165) is 42.5 Å². The fourth-order valence-corrected chi connectivity index (χ4v) is 7.38. The van der Waals surface area contributed by atoms with Gasteiger partial charge in [-0.1, -0.05) is 91.0 Å². The molecule has 52 heavy (non-hydrogen) atoms. The summed E-state index contributed by atoms with van der Waals surface area (Å²) in [6.07, 6.45) is 6.47. The summed E-state index contributed by atoms with van der Waals surface area (Å²) in [4.78, 5) is 43.7. The first-order valence-corrected chi connectivity index (χ1v) is 18.2. The van der Waals surface area contributed by atoms with E-state index in [4.69, 9.17) is 14.2 Å². The molecule has 0 radical (unpaired) electrons. The Morgan fingerprint density at radius 1 is 0.865 bits per heavy atom. The number of esters is 2. The highest BCUT2D eigenvalue weighted by atomic mass is 16.6. The van der Waals surface area contributed by atoms with Crippen molar-refractivity contribution in [2.75, 3.05) is 47.9 Å². The number of amides is 1. The first kappa shape index (κ1) is 38.7. The zero-order valence-electron chi connectivity index (χ0n) is 31.0. The van der Waals surface area contributed by atoms with Crippen LogP contribution in [0.3, 0.4) is 0 Å². The summed E-state index contributed by atoms with van der Waals surface area (Å²) in [5.41, 5.74) is 1.58. The van der Waals surface area contributed by atoms with Crippen molar-refractivity contribution in [3.05, 3.63) is 120 Å². The molecule has 1 N–H and O–H groups in total. The number of carbonyl (C=O) groups excluding carboxylic acids is 3. The van der Waals surface area contributed by atoms with Crippen molar-refractivity contribution in [3.63, 3.8) is 0 Å². The lowest BCUT2D eigenvalue weighted by Crippen LogP contribution is -2.44. The fourth-order valence-electron chi connectivity index (χ4n) is 7.38. The van der Waals surface area contributed by atoms with Crippen LogP contribution >= 0.6 is 0 Å². The van der Waals surface area contributed by atoms with Crippen LogP contribution in [0.4, 0.5) is 4.79 Å². The maximum Gasteiger partial charge on any atom is 0.414 e. The Bertz CT molecular complexity index is 1600. The highest BCUT2D eigenvalue weighted by Gasteiger charge is 2.41. The molecule has 2 bridgehead atoms. The maximum atomic E-state index is 13.5. The van der Waals surface area contributed by atoms with Gasteiger partial charge in [-0.15, -0.1) is 0 Å². The molecule has 3 aliphatic heterocycles. The average Bonchev–Trinajstić information content (AvgIpc) is 3.35. The topological polar surface area (TPSA) is 109 Å². The van der Waals surface area contributed by atoms with Crippen LogP contribution in [0.15, 0.2) is 103 Å². The molecule has 0 spiro atoms. The first-order chi connectivity index (χ1) is 25.0. The van der Waals surface area contributed by atoms with Gasteiger partial charge in [-0.3, -0.25) is 14.5 Å². The van der Waals surface area contributed by atoms with Gasteiger partial charge in [0.25, 0.3) is 0 Å². The van der Waals surface area contributed by atoms with Crippen molar-refractivity contribution < 1.29 is 33.7 Å². The van der Waals surface area contributed by atoms with E-state index in [-0.39, 0.29) is 37.3 Å². The molecule has 3 aliphatic rings. The van der Waals surface area contributed by atoms with E-state index in [1.54, 1.807) is 14.1 Å². The lowest BCUT2D eigenvalue weighted by molar-refractivity contribution is -0.155. The number of carbonyl (C=O) groups is 3. The zero-order valence-corrected chi connectivity index (χ0v) is 31.0. The smallest absolute Gasteiger partial charge is 0.414 e. The molecule has 0 saturated carbocycles. The number of likely N-dealkylation sites (N-methyl/N-ethyl adjacent to an activating group) is 1. The lowest BCUT2D eigenvalue weighted by Gasteiger charge is -2.36. The van der Waals surface area contributed by atoms with Gasteiger partial charge in [0.05, 0.1) is 6.61 Å². The number of hydrogen-bond acceptors (Lipinski definition) is 9. The van der Waals surface area contributed by atoms with E-state index in [1.807, 2.05) is 116 Å². The van der Waals surface area contributed by atoms with Crippen LogP contribution in [0.2, 0.25) is 0 Å². The summed E-state index contributed by atoms with van der Waals surface area (Å²) in [5, 5.41) is 9.53. The summed E-state index contributed by atoms with van der Waals surface area (Å²) in [5.74, 6) is -0.690. The van der Waals surface area contributed by atoms with Gasteiger partial charge in [-0.25, -0.2) is 4.79 Å². The second kappa shape index (κ2) is 17.8. The van der Waals surface area contributed by atoms with E-state index >= 15 is 0 Å². The SMILES string of the molecule is CN(C)C(=O)OC1=CCCN(C)C1COC(=O)C(C)(c1ccccc1)c1ccccc1.CN1[C@@H]2CC[C@H]1CC(OC(=O)C(CO)c1ccccc1)C2. The van der Waals surface area contributed by atoms with Crippen LogP contribution in [0.5, 0.6) is 0 Å². The summed E-state index contributed by atoms with van der Waals surface area (Å²) < 4.78 is 17.1. The average molecular weight is 712 g/mol. The molecule has 3 aromatic rings. The van der Waals surface area contributed by atoms with Crippen molar-refractivity contribution in [3.8, 4) is 0 Å². The Morgan fingerprint density at radius 3 is 1.92 bits per heavy atom. The molecule has 1 amide bonds. The van der Waals surface area contributed by atoms with Gasteiger partial charge in [0, 0.05) is 32.7 Å². The summed E-state index contributed by atoms with van der Waals surface area (Å²) >= 11 is 0. The minimum Gasteiger partial charge on any atom is -0.463 e. The van der Waals surface area contributed by atoms with Crippen molar-refractivity contribution in [1.29, 1.82) is 0 Å². The van der Waals surface area contributed by atoms with E-state index in [9.17, 15) is 19.5 Å². The number of nitrogens with zero attached hydrogens (tertiary/aromatic N) is 3. The molecule has 5 atom stereocenters. The Labute approximate surface area is 308 Å². The molecule has 10 nitrogen and oxygen atoms in total. The van der Waals surface area contributed by atoms with Gasteiger partial charge in [0.1, 0.15) is 35.8 Å². The fraction of sp³-hybridized carbons (Fsp3) is 0.452. The Morgan fingerprint density at radius 2 is 1.40 bits per heavy atom. The summed E-state index contributed by atoms with van der Waals surface area (Å²) in [6, 6.07) is 29.4. The predicted octanol–water partition coefficient (Wildman–Crippen LogP) is 5.75. The molecular weight excluding hydrogens is 658 g/mol. The third kappa shape index (κ3) is 9.10. The molecule has 3 unspecified atom stereocenters. The normalized spacial score (nSPS) is 22.2. The van der Waals surface area contributed by atoms with Crippen LogP contribution < -0.4 is 0 Å². The molecule has 6 rings (SSSR count). The number of fused-ring (bicyclic) bond motifs is 2. The maximum absolute atomic E-state index is 13.5. The summed E-state index contributed by atoms with van der Waals surface area (Å²) in [7, 11) is 7.37. The molecule has 2 saturated heterocycles. The molecular formula is C42H53N3O7. The number of aliphatic hydroxyl groups is 1. The molecule has 0 aliphatic carbocycles. The molecule has 3 aromatic carbocycles. The highest BCUT2D eigenvalue weighted by Crippen LogP contribution is 2.36. The quantitative estimate of drug-likeness (QED) is 0.208. The number of hydrogen-bond donors (Lipinski definition) is 1. The Hall–Kier alpha value is -4.51. The largest absolute Gasteiger partial charge is 0.463 e. The second-order valence-corrected chi connectivity index (χ2v) is 14.3. The lowest BCUT2D eigenvalue weighted by atomic mass is 9.76. The van der Waals surface area contributed by atoms with Gasteiger partial charge in [-0.05, 0) is 75.9 Å². The number of benzene rings is 3. The summed E-state index contributed by atoms with van der Waals surface area (Å²) in [6.45, 7) is 2.56. The molecule has 0 aromatic heterocycles. The monoisotopic (exact) mass is 711 g/mol. The minimum absolute atomic E-state index is 0.00367. The molecule has 10 heteroatoms. The number of rotatable bonds is 10. The van der Waals surface area contributed by atoms with E-state index in [1.165, 1.54) is 17.7 Å². The number of aliphatic hydroxyl groups excluding tert-OH is 1. The van der Waals surface area contributed by atoms with Crippen molar-refractivity contribution in [1.82, 2.24) is 14.7 Å². The van der Waals surface area contributed by atoms with Gasteiger partial charge < -0.3 is 29.1 Å². The van der Waals surface area contributed by atoms with Crippen LogP contribution in [0.1, 0.15) is 61.6 Å². The Balaban J connectivity index is 0.000000216.